The lowest BCUT2D eigenvalue weighted by Crippen LogP contribution is -2.30. The molecule has 0 spiro atoms. The molecule has 3 rings (SSSR count). The molecule has 0 saturated carbocycles. The maximum atomic E-state index is 13.3. The molecular formula is C23H23N3O4. The van der Waals surface area contributed by atoms with E-state index in [1.54, 1.807) is 56.6 Å². The number of carbonyl (C=O) groups excluding carboxylic acids is 1. The number of H-pyrrole nitrogens is 1. The van der Waals surface area contributed by atoms with Crippen molar-refractivity contribution in [3.05, 3.63) is 65.9 Å². The molecule has 0 fully saturated rings. The summed E-state index contributed by atoms with van der Waals surface area (Å²) in [5.74, 6) is 1.37. The van der Waals surface area contributed by atoms with Crippen molar-refractivity contribution in [3.8, 4) is 23.3 Å². The SMILES string of the molecule is C=CCN(Cc1ccc(C#N)cc1)C(=O)c1cc2c(OC)cc(OC)c(OC)c2[nH]1. The fraction of sp³-hybridized carbons (Fsp3) is 0.217. The molecule has 0 aliphatic rings. The second-order valence-electron chi connectivity index (χ2n) is 6.57. The molecule has 0 radical (unpaired) electrons. The number of benzene rings is 2. The molecule has 0 unspecified atom stereocenters. The summed E-state index contributed by atoms with van der Waals surface area (Å²) in [5.41, 5.74) is 2.50. The summed E-state index contributed by atoms with van der Waals surface area (Å²) in [4.78, 5) is 18.1. The van der Waals surface area contributed by atoms with Crippen LogP contribution in [0.15, 0.2) is 49.1 Å². The Morgan fingerprint density at radius 3 is 2.40 bits per heavy atom. The number of hydrogen-bond donors (Lipinski definition) is 1. The third-order valence-electron chi connectivity index (χ3n) is 4.76. The van der Waals surface area contributed by atoms with Crippen LogP contribution in [0.1, 0.15) is 21.6 Å². The van der Waals surface area contributed by atoms with Gasteiger partial charge in [-0.3, -0.25) is 4.79 Å². The van der Waals surface area contributed by atoms with Gasteiger partial charge in [-0.1, -0.05) is 18.2 Å². The van der Waals surface area contributed by atoms with E-state index in [-0.39, 0.29) is 5.91 Å². The molecule has 0 bridgehead atoms. The standard InChI is InChI=1S/C23H23N3O4/c1-5-10-26(14-16-8-6-15(13-24)7-9-16)23(27)18-11-17-19(28-2)12-20(29-3)22(30-4)21(17)25-18/h5-9,11-12,25H,1,10,14H2,2-4H3. The molecule has 154 valence electrons. The predicted octanol–water partition coefficient (Wildman–Crippen LogP) is 3.89. The van der Waals surface area contributed by atoms with Crippen molar-refractivity contribution in [1.82, 2.24) is 9.88 Å². The van der Waals surface area contributed by atoms with Gasteiger partial charge in [-0.05, 0) is 23.8 Å². The zero-order chi connectivity index (χ0) is 21.7. The van der Waals surface area contributed by atoms with Gasteiger partial charge >= 0.3 is 0 Å². The molecule has 1 aromatic heterocycles. The van der Waals surface area contributed by atoms with Crippen molar-refractivity contribution in [3.63, 3.8) is 0 Å². The number of nitrogens with zero attached hydrogens (tertiary/aromatic N) is 2. The van der Waals surface area contributed by atoms with Crippen LogP contribution < -0.4 is 14.2 Å². The molecule has 1 heterocycles. The maximum Gasteiger partial charge on any atom is 0.270 e. The summed E-state index contributed by atoms with van der Waals surface area (Å²) in [7, 11) is 4.65. The molecule has 0 aliphatic carbocycles. The minimum atomic E-state index is -0.196. The molecule has 0 aliphatic heterocycles. The van der Waals surface area contributed by atoms with Gasteiger partial charge in [-0.25, -0.2) is 0 Å². The van der Waals surface area contributed by atoms with Crippen LogP contribution in [0.2, 0.25) is 0 Å². The Balaban J connectivity index is 1.99. The van der Waals surface area contributed by atoms with E-state index in [1.807, 2.05) is 12.1 Å². The fourth-order valence-corrected chi connectivity index (χ4v) is 3.30. The number of methoxy groups -OCH3 is 3. The van der Waals surface area contributed by atoms with E-state index in [9.17, 15) is 4.79 Å². The molecule has 0 saturated heterocycles. The van der Waals surface area contributed by atoms with Gasteiger partial charge < -0.3 is 24.1 Å². The van der Waals surface area contributed by atoms with E-state index in [0.717, 1.165) is 10.9 Å². The average molecular weight is 405 g/mol. The van der Waals surface area contributed by atoms with E-state index in [1.165, 1.54) is 0 Å². The highest BCUT2D eigenvalue weighted by molar-refractivity contribution is 6.02. The lowest BCUT2D eigenvalue weighted by atomic mass is 10.1. The summed E-state index contributed by atoms with van der Waals surface area (Å²) >= 11 is 0. The third-order valence-corrected chi connectivity index (χ3v) is 4.76. The van der Waals surface area contributed by atoms with Crippen molar-refractivity contribution in [2.24, 2.45) is 0 Å². The van der Waals surface area contributed by atoms with Gasteiger partial charge in [0.05, 0.1) is 38.5 Å². The summed E-state index contributed by atoms with van der Waals surface area (Å²) in [5, 5.41) is 9.68. The van der Waals surface area contributed by atoms with Crippen molar-refractivity contribution in [2.75, 3.05) is 27.9 Å². The molecule has 7 nitrogen and oxygen atoms in total. The van der Waals surface area contributed by atoms with Gasteiger partial charge in [0.1, 0.15) is 11.4 Å². The number of aromatic nitrogens is 1. The fourth-order valence-electron chi connectivity index (χ4n) is 3.30. The van der Waals surface area contributed by atoms with Crippen LogP contribution in [0.5, 0.6) is 17.2 Å². The minimum Gasteiger partial charge on any atom is -0.496 e. The first-order valence-electron chi connectivity index (χ1n) is 9.27. The molecule has 2 aromatic carbocycles. The molecule has 0 atom stereocenters. The lowest BCUT2D eigenvalue weighted by molar-refractivity contribution is 0.0758. The Bertz CT molecular complexity index is 1110. The summed E-state index contributed by atoms with van der Waals surface area (Å²) < 4.78 is 16.3. The predicted molar refractivity (Wildman–Crippen MR) is 114 cm³/mol. The number of amides is 1. The van der Waals surface area contributed by atoms with Gasteiger partial charge in [0.2, 0.25) is 0 Å². The van der Waals surface area contributed by atoms with Crippen molar-refractivity contribution >= 4 is 16.8 Å². The lowest BCUT2D eigenvalue weighted by Gasteiger charge is -2.20. The Labute approximate surface area is 175 Å². The summed E-state index contributed by atoms with van der Waals surface area (Å²) in [6.07, 6.45) is 1.67. The Hall–Kier alpha value is -3.92. The summed E-state index contributed by atoms with van der Waals surface area (Å²) in [6, 6.07) is 12.7. The molecule has 3 aromatic rings. The highest BCUT2D eigenvalue weighted by Gasteiger charge is 2.22. The van der Waals surface area contributed by atoms with E-state index in [2.05, 4.69) is 17.6 Å². The monoisotopic (exact) mass is 405 g/mol. The number of nitrogens with one attached hydrogen (secondary N) is 1. The molecule has 7 heteroatoms. The number of rotatable bonds is 8. The zero-order valence-corrected chi connectivity index (χ0v) is 17.2. The molecule has 1 N–H and O–H groups in total. The van der Waals surface area contributed by atoms with Crippen LogP contribution in [-0.4, -0.2) is 43.7 Å². The number of nitriles is 1. The van der Waals surface area contributed by atoms with Crippen LogP contribution in [0.3, 0.4) is 0 Å². The van der Waals surface area contributed by atoms with Crippen LogP contribution in [0.4, 0.5) is 0 Å². The number of ether oxygens (including phenoxy) is 3. The van der Waals surface area contributed by atoms with E-state index in [0.29, 0.717) is 47.1 Å². The van der Waals surface area contributed by atoms with E-state index >= 15 is 0 Å². The van der Waals surface area contributed by atoms with E-state index in [4.69, 9.17) is 19.5 Å². The quantitative estimate of drug-likeness (QED) is 0.575. The highest BCUT2D eigenvalue weighted by atomic mass is 16.5. The number of hydrogen-bond acceptors (Lipinski definition) is 5. The molecule has 30 heavy (non-hydrogen) atoms. The van der Waals surface area contributed by atoms with Crippen molar-refractivity contribution < 1.29 is 19.0 Å². The Morgan fingerprint density at radius 1 is 1.13 bits per heavy atom. The Kier molecular flexibility index (Phi) is 6.28. The van der Waals surface area contributed by atoms with E-state index < -0.39 is 0 Å². The molecular weight excluding hydrogens is 382 g/mol. The smallest absolute Gasteiger partial charge is 0.270 e. The first-order chi connectivity index (χ1) is 14.6. The van der Waals surface area contributed by atoms with Gasteiger partial charge in [0, 0.05) is 24.5 Å². The zero-order valence-electron chi connectivity index (χ0n) is 17.2. The van der Waals surface area contributed by atoms with Gasteiger partial charge in [0.15, 0.2) is 11.5 Å². The van der Waals surface area contributed by atoms with Crippen LogP contribution >= 0.6 is 0 Å². The average Bonchev–Trinajstić information content (AvgIpc) is 3.22. The first-order valence-corrected chi connectivity index (χ1v) is 9.27. The van der Waals surface area contributed by atoms with Crippen molar-refractivity contribution in [1.29, 1.82) is 5.26 Å². The minimum absolute atomic E-state index is 0.196. The van der Waals surface area contributed by atoms with Gasteiger partial charge in [-0.15, -0.1) is 6.58 Å². The maximum absolute atomic E-state index is 13.3. The number of carbonyl (C=O) groups is 1. The molecule has 1 amide bonds. The van der Waals surface area contributed by atoms with Gasteiger partial charge in [-0.2, -0.15) is 5.26 Å². The number of aromatic amines is 1. The first kappa shape index (κ1) is 20.8. The largest absolute Gasteiger partial charge is 0.496 e. The topological polar surface area (TPSA) is 87.6 Å². The second kappa shape index (κ2) is 9.05. The van der Waals surface area contributed by atoms with Crippen LogP contribution in [0.25, 0.3) is 10.9 Å². The van der Waals surface area contributed by atoms with Gasteiger partial charge in [0.25, 0.3) is 5.91 Å². The van der Waals surface area contributed by atoms with Crippen LogP contribution in [0, 0.1) is 11.3 Å². The van der Waals surface area contributed by atoms with Crippen LogP contribution in [-0.2, 0) is 6.54 Å². The highest BCUT2D eigenvalue weighted by Crippen LogP contribution is 2.41. The normalized spacial score (nSPS) is 10.3. The third kappa shape index (κ3) is 3.94. The summed E-state index contributed by atoms with van der Waals surface area (Å²) in [6.45, 7) is 4.51. The Morgan fingerprint density at radius 2 is 1.83 bits per heavy atom. The van der Waals surface area contributed by atoms with Crippen molar-refractivity contribution in [2.45, 2.75) is 6.54 Å². The second-order valence-corrected chi connectivity index (χ2v) is 6.57. The number of fused-ring (bicyclic) bond motifs is 1.